The Morgan fingerprint density at radius 2 is 1.97 bits per heavy atom. The summed E-state index contributed by atoms with van der Waals surface area (Å²) in [4.78, 5) is 47.7. The molecule has 38 heavy (non-hydrogen) atoms. The van der Waals surface area contributed by atoms with E-state index in [2.05, 4.69) is 21.4 Å². The summed E-state index contributed by atoms with van der Waals surface area (Å²) in [6, 6.07) is 11.5. The van der Waals surface area contributed by atoms with E-state index in [4.69, 9.17) is 16.2 Å². The van der Waals surface area contributed by atoms with E-state index in [1.54, 1.807) is 23.2 Å². The van der Waals surface area contributed by atoms with Gasteiger partial charge in [0.25, 0.3) is 0 Å². The van der Waals surface area contributed by atoms with Crippen molar-refractivity contribution in [3.05, 3.63) is 65.0 Å². The highest BCUT2D eigenvalue weighted by molar-refractivity contribution is 6.22. The van der Waals surface area contributed by atoms with Crippen LogP contribution in [0, 0.1) is 5.41 Å². The van der Waals surface area contributed by atoms with Crippen LogP contribution in [0.25, 0.3) is 0 Å². The van der Waals surface area contributed by atoms with E-state index in [0.29, 0.717) is 31.3 Å². The van der Waals surface area contributed by atoms with Crippen LogP contribution in [-0.4, -0.2) is 63.5 Å². The SMILES string of the molecule is Cl.Cl.N=C(N)c1ccc(CNC(=O)[C@]2(C3CCCc4ccccc43)CCCN2C(=O)CN=CC(=O)O)cn1. The Morgan fingerprint density at radius 3 is 2.66 bits per heavy atom. The molecular weight excluding hydrogens is 531 g/mol. The summed E-state index contributed by atoms with van der Waals surface area (Å²) in [6.45, 7) is 0.286. The zero-order valence-electron chi connectivity index (χ0n) is 20.8. The Labute approximate surface area is 233 Å². The first-order chi connectivity index (χ1) is 17.3. The first-order valence-corrected chi connectivity index (χ1v) is 12.0. The molecule has 2 heterocycles. The van der Waals surface area contributed by atoms with Crippen molar-refractivity contribution in [2.75, 3.05) is 13.1 Å². The normalized spacial score (nSPS) is 20.1. The highest BCUT2D eigenvalue weighted by atomic mass is 35.5. The first-order valence-electron chi connectivity index (χ1n) is 12.0. The van der Waals surface area contributed by atoms with E-state index in [1.165, 1.54) is 5.56 Å². The monoisotopic (exact) mass is 562 g/mol. The van der Waals surface area contributed by atoms with Crippen molar-refractivity contribution in [3.63, 3.8) is 0 Å². The fourth-order valence-corrected chi connectivity index (χ4v) is 5.51. The number of aliphatic imine (C=N–C) groups is 1. The topological polar surface area (TPSA) is 162 Å². The Morgan fingerprint density at radius 1 is 1.21 bits per heavy atom. The molecule has 0 saturated carbocycles. The Balaban J connectivity index is 0.00000253. The number of amides is 2. The number of nitrogens with one attached hydrogen (secondary N) is 2. The Bertz CT molecular complexity index is 1210. The number of rotatable bonds is 8. The molecule has 1 unspecified atom stereocenters. The Kier molecular flexibility index (Phi) is 10.8. The lowest BCUT2D eigenvalue weighted by Crippen LogP contribution is -2.61. The number of fused-ring (bicyclic) bond motifs is 1. The zero-order valence-corrected chi connectivity index (χ0v) is 22.4. The van der Waals surface area contributed by atoms with Crippen molar-refractivity contribution in [2.45, 2.75) is 50.1 Å². The molecule has 0 radical (unpaired) electrons. The molecule has 1 saturated heterocycles. The van der Waals surface area contributed by atoms with Gasteiger partial charge in [0.2, 0.25) is 11.8 Å². The van der Waals surface area contributed by atoms with Crippen LogP contribution in [0.3, 0.4) is 0 Å². The van der Waals surface area contributed by atoms with Gasteiger partial charge in [-0.15, -0.1) is 24.8 Å². The van der Waals surface area contributed by atoms with Gasteiger partial charge in [-0.3, -0.25) is 25.0 Å². The minimum atomic E-state index is -1.22. The number of carbonyl (C=O) groups excluding carboxylic acids is 2. The van der Waals surface area contributed by atoms with E-state index in [9.17, 15) is 14.4 Å². The second-order valence-electron chi connectivity index (χ2n) is 9.17. The van der Waals surface area contributed by atoms with Crippen molar-refractivity contribution in [1.82, 2.24) is 15.2 Å². The minimum Gasteiger partial charge on any atom is -0.477 e. The van der Waals surface area contributed by atoms with Crippen molar-refractivity contribution < 1.29 is 19.5 Å². The minimum absolute atomic E-state index is 0. The number of nitrogens with zero attached hydrogens (tertiary/aromatic N) is 3. The number of carbonyl (C=O) groups is 3. The number of hydrogen-bond acceptors (Lipinski definition) is 6. The van der Waals surface area contributed by atoms with E-state index in [0.717, 1.165) is 30.4 Å². The lowest BCUT2D eigenvalue weighted by molar-refractivity contribution is -0.146. The summed E-state index contributed by atoms with van der Waals surface area (Å²) >= 11 is 0. The number of pyridine rings is 1. The summed E-state index contributed by atoms with van der Waals surface area (Å²) in [6.07, 6.45) is 6.05. The molecule has 0 bridgehead atoms. The van der Waals surface area contributed by atoms with Crippen LogP contribution in [0.2, 0.25) is 0 Å². The number of carboxylic acid groups (broad SMARTS) is 1. The van der Waals surface area contributed by atoms with Crippen LogP contribution >= 0.6 is 24.8 Å². The van der Waals surface area contributed by atoms with Gasteiger partial charge in [-0.2, -0.15) is 0 Å². The van der Waals surface area contributed by atoms with Gasteiger partial charge in [-0.1, -0.05) is 30.3 Å². The number of aryl methyl sites for hydroxylation is 1. The molecule has 1 fully saturated rings. The van der Waals surface area contributed by atoms with Crippen LogP contribution in [0.5, 0.6) is 0 Å². The van der Waals surface area contributed by atoms with Crippen LogP contribution in [0.1, 0.15) is 54.0 Å². The predicted molar refractivity (Wildman–Crippen MR) is 148 cm³/mol. The van der Waals surface area contributed by atoms with Gasteiger partial charge < -0.3 is 21.1 Å². The van der Waals surface area contributed by atoms with E-state index >= 15 is 0 Å². The third-order valence-corrected chi connectivity index (χ3v) is 7.04. The molecule has 2 amide bonds. The molecule has 4 rings (SSSR count). The zero-order chi connectivity index (χ0) is 25.7. The molecule has 10 nitrogen and oxygen atoms in total. The summed E-state index contributed by atoms with van der Waals surface area (Å²) < 4.78 is 0. The number of nitrogen functional groups attached to an aromatic ring is 1. The fourth-order valence-electron chi connectivity index (χ4n) is 5.51. The van der Waals surface area contributed by atoms with Crippen LogP contribution in [0.4, 0.5) is 0 Å². The molecule has 2 aliphatic rings. The van der Waals surface area contributed by atoms with Crippen LogP contribution < -0.4 is 11.1 Å². The van der Waals surface area contributed by atoms with Gasteiger partial charge in [-0.25, -0.2) is 4.79 Å². The van der Waals surface area contributed by atoms with Gasteiger partial charge in [0, 0.05) is 25.2 Å². The average molecular weight is 563 g/mol. The largest absolute Gasteiger partial charge is 0.477 e. The van der Waals surface area contributed by atoms with Crippen LogP contribution in [0.15, 0.2) is 47.6 Å². The van der Waals surface area contributed by atoms with E-state index in [-0.39, 0.29) is 61.5 Å². The van der Waals surface area contributed by atoms with Crippen molar-refractivity contribution in [3.8, 4) is 0 Å². The number of nitrogens with two attached hydrogens (primary N) is 1. The number of hydrogen-bond donors (Lipinski definition) is 4. The van der Waals surface area contributed by atoms with Crippen molar-refractivity contribution in [1.29, 1.82) is 5.41 Å². The first kappa shape index (κ1) is 30.7. The quantitative estimate of drug-likeness (QED) is 0.285. The maximum Gasteiger partial charge on any atom is 0.346 e. The maximum absolute atomic E-state index is 14.0. The van der Waals surface area contributed by atoms with Crippen molar-refractivity contribution in [2.24, 2.45) is 10.7 Å². The van der Waals surface area contributed by atoms with E-state index < -0.39 is 11.5 Å². The lowest BCUT2D eigenvalue weighted by atomic mass is 9.69. The molecule has 1 aliphatic heterocycles. The van der Waals surface area contributed by atoms with Crippen LogP contribution in [-0.2, 0) is 27.3 Å². The molecule has 1 aromatic heterocycles. The highest BCUT2D eigenvalue weighted by Crippen LogP contribution is 2.47. The third-order valence-electron chi connectivity index (χ3n) is 7.04. The molecule has 5 N–H and O–H groups in total. The summed E-state index contributed by atoms with van der Waals surface area (Å²) in [5.41, 5.74) is 7.75. The molecule has 2 aromatic rings. The number of carboxylic acids is 1. The molecule has 1 aromatic carbocycles. The molecule has 204 valence electrons. The van der Waals surface area contributed by atoms with E-state index in [1.807, 2.05) is 18.2 Å². The number of aromatic nitrogens is 1. The second-order valence-corrected chi connectivity index (χ2v) is 9.17. The molecular formula is C26H32Cl2N6O4. The average Bonchev–Trinajstić information content (AvgIpc) is 3.33. The summed E-state index contributed by atoms with van der Waals surface area (Å²) in [7, 11) is 0. The van der Waals surface area contributed by atoms with Gasteiger partial charge in [-0.05, 0) is 54.9 Å². The highest BCUT2D eigenvalue weighted by Gasteiger charge is 2.55. The number of aliphatic carboxylic acids is 1. The van der Waals surface area contributed by atoms with Gasteiger partial charge >= 0.3 is 5.97 Å². The smallest absolute Gasteiger partial charge is 0.346 e. The maximum atomic E-state index is 14.0. The molecule has 0 spiro atoms. The number of halogens is 2. The molecule has 2 atom stereocenters. The summed E-state index contributed by atoms with van der Waals surface area (Å²) in [5, 5.41) is 19.4. The predicted octanol–water partition coefficient (Wildman–Crippen LogP) is 2.46. The van der Waals surface area contributed by atoms with Crippen molar-refractivity contribution >= 4 is 54.6 Å². The lowest BCUT2D eigenvalue weighted by Gasteiger charge is -2.45. The number of benzene rings is 1. The third kappa shape index (κ3) is 6.31. The second kappa shape index (κ2) is 13.3. The number of likely N-dealkylation sites (tertiary alicyclic amines) is 1. The van der Waals surface area contributed by atoms with Gasteiger partial charge in [0.1, 0.15) is 29.8 Å². The summed E-state index contributed by atoms with van der Waals surface area (Å²) in [5.74, 6) is -2.15. The van der Waals surface area contributed by atoms with Gasteiger partial charge in [0.15, 0.2) is 0 Å². The molecule has 12 heteroatoms. The Hall–Kier alpha value is -3.50. The molecule has 1 aliphatic carbocycles. The number of amidine groups is 1. The standard InChI is InChI=1S/C26H30N6O4.2ClH/c27-24(28)21-10-9-17(13-30-21)14-31-25(36)26(20-8-3-6-18-5-1-2-7-19(18)20)11-4-12-32(26)22(33)15-29-16-23(34)35;;/h1-2,5,7,9-10,13,16,20H,3-4,6,8,11-12,14-15H2,(H3,27,28)(H,31,36)(H,34,35);2*1H/t20?,26-;;/m1../s1. The fraction of sp³-hybridized carbons (Fsp3) is 0.385. The van der Waals surface area contributed by atoms with Gasteiger partial charge in [0.05, 0.1) is 0 Å².